The van der Waals surface area contributed by atoms with Gasteiger partial charge in [-0.25, -0.2) is 0 Å². The lowest BCUT2D eigenvalue weighted by Gasteiger charge is -2.07. The molecule has 1 aromatic heterocycles. The number of carbonyl (C=O) groups excluding carboxylic acids is 1. The Hall–Kier alpha value is -2.55. The normalized spacial score (nSPS) is 16.4. The van der Waals surface area contributed by atoms with Crippen LogP contribution in [-0.2, 0) is 4.79 Å². The van der Waals surface area contributed by atoms with Gasteiger partial charge in [0.25, 0.3) is 5.91 Å². The average molecular weight is 278 g/mol. The fourth-order valence-corrected chi connectivity index (χ4v) is 2.36. The molecule has 2 heterocycles. The molecule has 21 heavy (non-hydrogen) atoms. The van der Waals surface area contributed by atoms with Crippen molar-refractivity contribution in [3.8, 4) is 0 Å². The number of aromatic amines is 1. The minimum absolute atomic E-state index is 0.0625. The van der Waals surface area contributed by atoms with Gasteiger partial charge in [-0.3, -0.25) is 4.79 Å². The molecule has 0 bridgehead atoms. The highest BCUT2D eigenvalue weighted by Crippen LogP contribution is 2.23. The van der Waals surface area contributed by atoms with E-state index in [4.69, 9.17) is 0 Å². The van der Waals surface area contributed by atoms with E-state index in [0.717, 1.165) is 17.0 Å². The molecule has 0 saturated heterocycles. The van der Waals surface area contributed by atoms with Gasteiger partial charge in [0.05, 0.1) is 0 Å². The van der Waals surface area contributed by atoms with E-state index in [-0.39, 0.29) is 5.91 Å². The number of hydrogen-bond donors (Lipinski definition) is 2. The van der Waals surface area contributed by atoms with Gasteiger partial charge < -0.3 is 10.3 Å². The summed E-state index contributed by atoms with van der Waals surface area (Å²) >= 11 is 0. The molecule has 0 radical (unpaired) electrons. The third-order valence-electron chi connectivity index (χ3n) is 3.63. The SMILES string of the molecule is CC(C)c1ccc(C2=CC(=Cc3ccc[nH]3)C(=O)N2)cc1. The molecule has 0 saturated carbocycles. The van der Waals surface area contributed by atoms with Crippen LogP contribution >= 0.6 is 0 Å². The lowest BCUT2D eigenvalue weighted by atomic mass is 10.0. The first-order valence-corrected chi connectivity index (χ1v) is 7.12. The van der Waals surface area contributed by atoms with Gasteiger partial charge in [-0.05, 0) is 41.3 Å². The second-order valence-electron chi connectivity index (χ2n) is 5.51. The Morgan fingerprint density at radius 3 is 2.48 bits per heavy atom. The van der Waals surface area contributed by atoms with Gasteiger partial charge in [0.15, 0.2) is 0 Å². The predicted molar refractivity (Wildman–Crippen MR) is 85.4 cm³/mol. The molecule has 3 rings (SSSR count). The highest BCUT2D eigenvalue weighted by Gasteiger charge is 2.19. The predicted octanol–water partition coefficient (Wildman–Crippen LogP) is 3.69. The minimum Gasteiger partial charge on any atom is -0.362 e. The molecule has 0 aliphatic carbocycles. The molecular formula is C18H18N2O. The van der Waals surface area contributed by atoms with Gasteiger partial charge in [0.2, 0.25) is 0 Å². The average Bonchev–Trinajstić information content (AvgIpc) is 3.10. The Morgan fingerprint density at radius 1 is 1.10 bits per heavy atom. The van der Waals surface area contributed by atoms with Gasteiger partial charge in [-0.1, -0.05) is 38.1 Å². The molecule has 1 aliphatic rings. The maximum atomic E-state index is 12.0. The van der Waals surface area contributed by atoms with Crippen molar-refractivity contribution in [3.05, 3.63) is 71.1 Å². The van der Waals surface area contributed by atoms with Crippen molar-refractivity contribution >= 4 is 17.7 Å². The van der Waals surface area contributed by atoms with Crippen LogP contribution in [0.25, 0.3) is 11.8 Å². The van der Waals surface area contributed by atoms with Crippen molar-refractivity contribution < 1.29 is 4.79 Å². The third-order valence-corrected chi connectivity index (χ3v) is 3.63. The topological polar surface area (TPSA) is 44.9 Å². The van der Waals surface area contributed by atoms with Crippen molar-refractivity contribution in [3.63, 3.8) is 0 Å². The fraction of sp³-hybridized carbons (Fsp3) is 0.167. The van der Waals surface area contributed by atoms with Crippen LogP contribution < -0.4 is 5.32 Å². The summed E-state index contributed by atoms with van der Waals surface area (Å²) in [6, 6.07) is 12.2. The number of hydrogen-bond acceptors (Lipinski definition) is 1. The summed E-state index contributed by atoms with van der Waals surface area (Å²) in [4.78, 5) is 15.1. The van der Waals surface area contributed by atoms with Crippen molar-refractivity contribution in [2.75, 3.05) is 0 Å². The summed E-state index contributed by atoms with van der Waals surface area (Å²) in [5, 5.41) is 2.92. The fourth-order valence-electron chi connectivity index (χ4n) is 2.36. The Morgan fingerprint density at radius 2 is 1.86 bits per heavy atom. The number of nitrogens with one attached hydrogen (secondary N) is 2. The summed E-state index contributed by atoms with van der Waals surface area (Å²) in [6.45, 7) is 4.34. The van der Waals surface area contributed by atoms with Crippen molar-refractivity contribution in [1.82, 2.24) is 10.3 Å². The molecule has 0 atom stereocenters. The van der Waals surface area contributed by atoms with E-state index in [2.05, 4.69) is 48.4 Å². The monoisotopic (exact) mass is 278 g/mol. The summed E-state index contributed by atoms with van der Waals surface area (Å²) in [7, 11) is 0. The van der Waals surface area contributed by atoms with Gasteiger partial charge in [0.1, 0.15) is 0 Å². The van der Waals surface area contributed by atoms with Gasteiger partial charge >= 0.3 is 0 Å². The number of rotatable bonds is 3. The van der Waals surface area contributed by atoms with Crippen molar-refractivity contribution in [2.45, 2.75) is 19.8 Å². The van der Waals surface area contributed by atoms with Crippen LogP contribution in [0.2, 0.25) is 0 Å². The Labute approximate surface area is 124 Å². The van der Waals surface area contributed by atoms with Crippen LogP contribution in [-0.4, -0.2) is 10.9 Å². The van der Waals surface area contributed by atoms with E-state index in [1.807, 2.05) is 30.5 Å². The second kappa shape index (κ2) is 5.44. The van der Waals surface area contributed by atoms with E-state index in [9.17, 15) is 4.79 Å². The van der Waals surface area contributed by atoms with Crippen LogP contribution in [0.3, 0.4) is 0 Å². The number of aromatic nitrogens is 1. The van der Waals surface area contributed by atoms with E-state index in [0.29, 0.717) is 11.5 Å². The zero-order valence-corrected chi connectivity index (χ0v) is 12.2. The van der Waals surface area contributed by atoms with Gasteiger partial charge in [0, 0.05) is 23.2 Å². The molecule has 1 aliphatic heterocycles. The highest BCUT2D eigenvalue weighted by atomic mass is 16.1. The number of amides is 1. The summed E-state index contributed by atoms with van der Waals surface area (Å²) in [5.74, 6) is 0.446. The Bertz CT molecular complexity index is 704. The van der Waals surface area contributed by atoms with Crippen LogP contribution in [0.5, 0.6) is 0 Å². The highest BCUT2D eigenvalue weighted by molar-refractivity contribution is 6.10. The molecule has 1 amide bonds. The number of benzene rings is 1. The molecule has 3 nitrogen and oxygen atoms in total. The summed E-state index contributed by atoms with van der Waals surface area (Å²) < 4.78 is 0. The lowest BCUT2D eigenvalue weighted by molar-refractivity contribution is -0.115. The molecule has 3 heteroatoms. The van der Waals surface area contributed by atoms with Crippen LogP contribution in [0.1, 0.15) is 36.6 Å². The smallest absolute Gasteiger partial charge is 0.255 e. The minimum atomic E-state index is -0.0625. The molecule has 106 valence electrons. The van der Waals surface area contributed by atoms with E-state index in [1.165, 1.54) is 5.56 Å². The van der Waals surface area contributed by atoms with Crippen LogP contribution in [0.4, 0.5) is 0 Å². The van der Waals surface area contributed by atoms with Crippen molar-refractivity contribution in [1.29, 1.82) is 0 Å². The van der Waals surface area contributed by atoms with Gasteiger partial charge in [-0.15, -0.1) is 0 Å². The lowest BCUT2D eigenvalue weighted by Crippen LogP contribution is -2.15. The zero-order chi connectivity index (χ0) is 14.8. The molecular weight excluding hydrogens is 260 g/mol. The molecule has 2 aromatic rings. The number of H-pyrrole nitrogens is 1. The Balaban J connectivity index is 1.88. The summed E-state index contributed by atoms with van der Waals surface area (Å²) in [5.41, 5.74) is 4.77. The molecule has 1 aromatic carbocycles. The molecule has 0 spiro atoms. The van der Waals surface area contributed by atoms with Gasteiger partial charge in [-0.2, -0.15) is 0 Å². The molecule has 0 fully saturated rings. The second-order valence-corrected chi connectivity index (χ2v) is 5.51. The molecule has 0 unspecified atom stereocenters. The zero-order valence-electron chi connectivity index (χ0n) is 12.2. The largest absolute Gasteiger partial charge is 0.362 e. The first-order chi connectivity index (χ1) is 10.1. The van der Waals surface area contributed by atoms with E-state index < -0.39 is 0 Å². The van der Waals surface area contributed by atoms with E-state index >= 15 is 0 Å². The Kier molecular flexibility index (Phi) is 3.48. The maximum absolute atomic E-state index is 12.0. The standard InChI is InChI=1S/C18H18N2O/c1-12(2)13-5-7-14(8-6-13)17-11-15(18(21)20-17)10-16-4-3-9-19-16/h3-12,19H,1-2H3,(H,20,21). The molecule has 2 N–H and O–H groups in total. The van der Waals surface area contributed by atoms with Crippen molar-refractivity contribution in [2.24, 2.45) is 0 Å². The third kappa shape index (κ3) is 2.82. The quantitative estimate of drug-likeness (QED) is 0.826. The maximum Gasteiger partial charge on any atom is 0.255 e. The summed E-state index contributed by atoms with van der Waals surface area (Å²) in [6.07, 6.45) is 5.59. The van der Waals surface area contributed by atoms with Crippen LogP contribution in [0.15, 0.2) is 54.2 Å². The van der Waals surface area contributed by atoms with E-state index in [1.54, 1.807) is 0 Å². The van der Waals surface area contributed by atoms with Crippen LogP contribution in [0, 0.1) is 0 Å². The first-order valence-electron chi connectivity index (χ1n) is 7.12. The first kappa shape index (κ1) is 13.4. The number of carbonyl (C=O) groups is 1.